The molecule has 2 aliphatic carbocycles. The zero-order chi connectivity index (χ0) is 21.9. The Labute approximate surface area is 191 Å². The molecule has 2 aliphatic rings. The Morgan fingerprint density at radius 1 is 1.25 bits per heavy atom. The minimum Gasteiger partial charge on any atom is -0.477 e. The summed E-state index contributed by atoms with van der Waals surface area (Å²) in [5.41, 5.74) is 7.50. The van der Waals surface area contributed by atoms with Crippen LogP contribution in [0.25, 0.3) is 21.3 Å². The van der Waals surface area contributed by atoms with Crippen LogP contribution >= 0.6 is 23.7 Å². The molecule has 170 valence electrons. The Balaban J connectivity index is 0.00000245. The van der Waals surface area contributed by atoms with Crippen LogP contribution in [0.1, 0.15) is 64.0 Å². The number of thiophene rings is 1. The number of aromatic nitrogens is 1. The summed E-state index contributed by atoms with van der Waals surface area (Å²) in [6.45, 7) is -3.10. The highest BCUT2D eigenvalue weighted by molar-refractivity contribution is 7.15. The molecule has 0 aliphatic heterocycles. The predicted octanol–water partition coefficient (Wildman–Crippen LogP) is 5.19. The normalized spacial score (nSPS) is 17.8. The van der Waals surface area contributed by atoms with Gasteiger partial charge in [-0.15, -0.1) is 23.7 Å². The average Bonchev–Trinajstić information content (AvgIpc) is 3.46. The van der Waals surface area contributed by atoms with Crippen LogP contribution in [0.15, 0.2) is 23.1 Å². The van der Waals surface area contributed by atoms with Gasteiger partial charge in [0.2, 0.25) is 5.43 Å². The number of fused-ring (bicyclic) bond motifs is 2. The first-order chi connectivity index (χ1) is 14.8. The van der Waals surface area contributed by atoms with Crippen molar-refractivity contribution in [3.63, 3.8) is 0 Å². The lowest BCUT2D eigenvalue weighted by Gasteiger charge is -2.17. The maximum absolute atomic E-state index is 13.5. The van der Waals surface area contributed by atoms with E-state index in [4.69, 9.17) is 10.5 Å². The van der Waals surface area contributed by atoms with Gasteiger partial charge in [0.05, 0.1) is 10.9 Å². The van der Waals surface area contributed by atoms with Gasteiger partial charge in [-0.1, -0.05) is 0 Å². The van der Waals surface area contributed by atoms with Crippen molar-refractivity contribution in [2.75, 3.05) is 0 Å². The molecule has 6 nitrogen and oxygen atoms in total. The summed E-state index contributed by atoms with van der Waals surface area (Å²) >= 11 is 1.52. The van der Waals surface area contributed by atoms with Crippen molar-refractivity contribution in [1.82, 2.24) is 4.98 Å². The smallest absolute Gasteiger partial charge is 0.387 e. The molecule has 1 atom stereocenters. The van der Waals surface area contributed by atoms with E-state index in [1.165, 1.54) is 11.3 Å². The molecular weight excluding hydrogens is 462 g/mol. The molecule has 1 unspecified atom stereocenters. The number of pyridine rings is 1. The minimum absolute atomic E-state index is 0. The van der Waals surface area contributed by atoms with Crippen LogP contribution < -0.4 is 15.9 Å². The van der Waals surface area contributed by atoms with Crippen molar-refractivity contribution >= 4 is 40.6 Å². The van der Waals surface area contributed by atoms with Gasteiger partial charge in [-0.05, 0) is 61.3 Å². The highest BCUT2D eigenvalue weighted by Crippen LogP contribution is 2.52. The number of aromatic amines is 1. The summed E-state index contributed by atoms with van der Waals surface area (Å²) in [6.07, 6.45) is 5.52. The predicted molar refractivity (Wildman–Crippen MR) is 121 cm³/mol. The number of carbonyl (C=O) groups is 1. The number of nitrogens with two attached hydrogens (primary N) is 1. The summed E-state index contributed by atoms with van der Waals surface area (Å²) in [5.74, 6) is -1.38. The number of hydrogen-bond donors (Lipinski definition) is 3. The van der Waals surface area contributed by atoms with E-state index >= 15 is 0 Å². The van der Waals surface area contributed by atoms with Gasteiger partial charge in [0, 0.05) is 27.6 Å². The number of alkyl halides is 2. The number of hydrogen-bond acceptors (Lipinski definition) is 5. The van der Waals surface area contributed by atoms with Crippen LogP contribution in [0.3, 0.4) is 0 Å². The van der Waals surface area contributed by atoms with E-state index in [2.05, 4.69) is 4.98 Å². The summed E-state index contributed by atoms with van der Waals surface area (Å²) in [4.78, 5) is 28.9. The maximum atomic E-state index is 13.5. The highest BCUT2D eigenvalue weighted by Gasteiger charge is 2.33. The second-order valence-corrected chi connectivity index (χ2v) is 9.21. The van der Waals surface area contributed by atoms with Crippen LogP contribution in [-0.4, -0.2) is 22.7 Å². The molecule has 4 N–H and O–H groups in total. The first kappa shape index (κ1) is 22.7. The van der Waals surface area contributed by atoms with Gasteiger partial charge in [-0.25, -0.2) is 4.79 Å². The number of aromatic carboxylic acids is 1. The van der Waals surface area contributed by atoms with Gasteiger partial charge in [0.25, 0.3) is 0 Å². The molecule has 0 spiro atoms. The van der Waals surface area contributed by atoms with Crippen molar-refractivity contribution in [2.24, 2.45) is 5.73 Å². The summed E-state index contributed by atoms with van der Waals surface area (Å²) in [6, 6.07) is 3.51. The number of carboxylic acids is 1. The van der Waals surface area contributed by atoms with E-state index in [9.17, 15) is 23.5 Å². The SMILES string of the molecule is Cl.NC1CCCc2sc(-c3c(C4CC4)cc4c(=O)c(C(=O)O)c[nH]c4c3OC(F)F)cc21. The maximum Gasteiger partial charge on any atom is 0.387 e. The van der Waals surface area contributed by atoms with Gasteiger partial charge >= 0.3 is 12.6 Å². The Morgan fingerprint density at radius 2 is 2.00 bits per heavy atom. The fourth-order valence-corrected chi connectivity index (χ4v) is 5.74. The lowest BCUT2D eigenvalue weighted by molar-refractivity contribution is -0.0485. The summed E-state index contributed by atoms with van der Waals surface area (Å²) < 4.78 is 31.9. The van der Waals surface area contributed by atoms with Crippen LogP contribution in [0, 0.1) is 0 Å². The molecule has 3 aromatic rings. The van der Waals surface area contributed by atoms with Gasteiger partial charge in [0.1, 0.15) is 5.56 Å². The molecule has 5 rings (SSSR count). The molecule has 1 saturated carbocycles. The number of nitrogens with one attached hydrogen (secondary N) is 1. The Morgan fingerprint density at radius 3 is 2.62 bits per heavy atom. The lowest BCUT2D eigenvalue weighted by Crippen LogP contribution is -2.17. The number of ether oxygens (including phenoxy) is 1. The number of halogens is 3. The second-order valence-electron chi connectivity index (χ2n) is 8.07. The van der Waals surface area contributed by atoms with Crippen molar-refractivity contribution in [3.8, 4) is 16.2 Å². The van der Waals surface area contributed by atoms with E-state index in [1.807, 2.05) is 6.07 Å². The van der Waals surface area contributed by atoms with Crippen molar-refractivity contribution in [3.05, 3.63) is 50.1 Å². The van der Waals surface area contributed by atoms with Gasteiger partial charge < -0.3 is 20.6 Å². The number of aryl methyl sites for hydroxylation is 1. The number of H-pyrrole nitrogens is 1. The molecule has 1 aromatic carbocycles. The molecule has 0 radical (unpaired) electrons. The molecule has 1 fully saturated rings. The zero-order valence-electron chi connectivity index (χ0n) is 16.8. The monoisotopic (exact) mass is 482 g/mol. The van der Waals surface area contributed by atoms with E-state index < -0.39 is 23.6 Å². The first-order valence-corrected chi connectivity index (χ1v) is 11.0. The Hall–Kier alpha value is -2.49. The first-order valence-electron chi connectivity index (χ1n) is 10.1. The van der Waals surface area contributed by atoms with E-state index in [0.717, 1.165) is 59.2 Å². The largest absolute Gasteiger partial charge is 0.477 e. The van der Waals surface area contributed by atoms with E-state index in [1.54, 1.807) is 6.07 Å². The highest BCUT2D eigenvalue weighted by atomic mass is 35.5. The fourth-order valence-electron chi connectivity index (χ4n) is 4.41. The number of benzene rings is 1. The summed E-state index contributed by atoms with van der Waals surface area (Å²) in [7, 11) is 0. The molecule has 10 heteroatoms. The Bertz CT molecular complexity index is 1270. The van der Waals surface area contributed by atoms with Gasteiger partial charge in [-0.3, -0.25) is 4.79 Å². The average molecular weight is 483 g/mol. The van der Waals surface area contributed by atoms with E-state index in [0.29, 0.717) is 5.56 Å². The number of rotatable bonds is 5. The zero-order valence-corrected chi connectivity index (χ0v) is 18.5. The van der Waals surface area contributed by atoms with Gasteiger partial charge in [0.15, 0.2) is 5.75 Å². The summed E-state index contributed by atoms with van der Waals surface area (Å²) in [5, 5.41) is 9.34. The molecule has 32 heavy (non-hydrogen) atoms. The molecule has 0 saturated heterocycles. The molecule has 0 amide bonds. The Kier molecular flexibility index (Phi) is 6.00. The van der Waals surface area contributed by atoms with Crippen LogP contribution in [0.4, 0.5) is 8.78 Å². The third kappa shape index (κ3) is 3.78. The second kappa shape index (κ2) is 8.46. The molecular formula is C22H21ClF2N2O4S. The third-order valence-corrected chi connectivity index (χ3v) is 7.25. The van der Waals surface area contributed by atoms with Crippen molar-refractivity contribution < 1.29 is 23.4 Å². The standard InChI is InChI=1S/C22H20F2N2O4S.ClH/c23-22(24)30-20-17(16-7-11-14(25)2-1-3-15(11)31-16)10(9-4-5-9)6-12-18(20)26-8-13(19(12)27)21(28)29;/h6-9,14,22H,1-5,25H2,(H,26,27)(H,28,29);1H. The van der Waals surface area contributed by atoms with Gasteiger partial charge in [-0.2, -0.15) is 8.78 Å². The third-order valence-electron chi connectivity index (χ3n) is 6.02. The lowest BCUT2D eigenvalue weighted by atomic mass is 9.92. The molecule has 2 aromatic heterocycles. The van der Waals surface area contributed by atoms with Crippen LogP contribution in [0.5, 0.6) is 5.75 Å². The topological polar surface area (TPSA) is 105 Å². The van der Waals surface area contributed by atoms with Crippen molar-refractivity contribution in [2.45, 2.75) is 50.7 Å². The van der Waals surface area contributed by atoms with Crippen molar-refractivity contribution in [1.29, 1.82) is 0 Å². The van der Waals surface area contributed by atoms with Crippen LogP contribution in [-0.2, 0) is 6.42 Å². The quantitative estimate of drug-likeness (QED) is 0.464. The molecule has 0 bridgehead atoms. The number of carboxylic acid groups (broad SMARTS) is 1. The van der Waals surface area contributed by atoms with Crippen LogP contribution in [0.2, 0.25) is 0 Å². The molecule has 2 heterocycles. The van der Waals surface area contributed by atoms with E-state index in [-0.39, 0.29) is 41.0 Å². The minimum atomic E-state index is -3.10. The fraction of sp³-hybridized carbons (Fsp3) is 0.364.